The van der Waals surface area contributed by atoms with Crippen LogP contribution < -0.4 is 0 Å². The molecular weight excluding hydrogens is 252 g/mol. The van der Waals surface area contributed by atoms with Gasteiger partial charge in [-0.3, -0.25) is 0 Å². The predicted octanol–water partition coefficient (Wildman–Crippen LogP) is 4.51. The van der Waals surface area contributed by atoms with Gasteiger partial charge in [-0.1, -0.05) is 40.2 Å². The third-order valence-corrected chi connectivity index (χ3v) is 9.56. The Morgan fingerprint density at radius 2 is 1.84 bits per heavy atom. The van der Waals surface area contributed by atoms with Crippen LogP contribution in [0.1, 0.15) is 54.4 Å². The maximum Gasteiger partial charge on any atom is 0.192 e. The maximum atomic E-state index is 9.56. The molecule has 0 aromatic rings. The van der Waals surface area contributed by atoms with E-state index in [0.29, 0.717) is 6.10 Å². The van der Waals surface area contributed by atoms with Gasteiger partial charge in [0, 0.05) is 6.10 Å². The lowest BCUT2D eigenvalue weighted by molar-refractivity contribution is 0.114. The molecular formula is C16H32O2Si. The van der Waals surface area contributed by atoms with Gasteiger partial charge in [0.2, 0.25) is 0 Å². The van der Waals surface area contributed by atoms with Gasteiger partial charge in [-0.15, -0.1) is 0 Å². The fourth-order valence-electron chi connectivity index (χ4n) is 2.83. The number of hydrogen-bond acceptors (Lipinski definition) is 2. The van der Waals surface area contributed by atoms with Gasteiger partial charge in [0.15, 0.2) is 8.32 Å². The van der Waals surface area contributed by atoms with E-state index in [1.807, 2.05) is 0 Å². The van der Waals surface area contributed by atoms with Crippen molar-refractivity contribution in [2.45, 2.75) is 78.6 Å². The minimum atomic E-state index is -1.70. The number of aliphatic hydroxyl groups excluding tert-OH is 1. The molecule has 0 heterocycles. The minimum Gasteiger partial charge on any atom is -0.414 e. The van der Waals surface area contributed by atoms with Gasteiger partial charge in [-0.05, 0) is 48.9 Å². The standard InChI is InChI=1S/C16H32O2Si/c1-12-9-13(10-16(5,6)14(12)11-17)18-19(7,8)15(2,3)4/h13,17H,9-11H2,1-8H3/t13-/m1/s1. The molecule has 3 heteroatoms. The van der Waals surface area contributed by atoms with E-state index < -0.39 is 8.32 Å². The van der Waals surface area contributed by atoms with Crippen molar-refractivity contribution in [3.63, 3.8) is 0 Å². The molecule has 0 spiro atoms. The Bertz CT molecular complexity index is 361. The summed E-state index contributed by atoms with van der Waals surface area (Å²) in [6.07, 6.45) is 2.31. The van der Waals surface area contributed by atoms with Crippen molar-refractivity contribution in [2.24, 2.45) is 5.41 Å². The molecule has 2 nitrogen and oxygen atoms in total. The molecule has 1 aliphatic carbocycles. The first-order valence-electron chi connectivity index (χ1n) is 7.38. The van der Waals surface area contributed by atoms with Crippen LogP contribution in [0.2, 0.25) is 18.1 Å². The largest absolute Gasteiger partial charge is 0.414 e. The molecule has 0 unspecified atom stereocenters. The Balaban J connectivity index is 2.89. The zero-order chi connectivity index (χ0) is 15.1. The molecule has 19 heavy (non-hydrogen) atoms. The molecule has 0 fully saturated rings. The maximum absolute atomic E-state index is 9.56. The third-order valence-electron chi connectivity index (χ3n) is 5.03. The molecule has 0 aliphatic heterocycles. The molecule has 112 valence electrons. The van der Waals surface area contributed by atoms with Crippen molar-refractivity contribution < 1.29 is 9.53 Å². The van der Waals surface area contributed by atoms with E-state index in [9.17, 15) is 5.11 Å². The first-order valence-corrected chi connectivity index (χ1v) is 10.3. The fourth-order valence-corrected chi connectivity index (χ4v) is 4.19. The smallest absolute Gasteiger partial charge is 0.192 e. The van der Waals surface area contributed by atoms with Crippen LogP contribution in [0.5, 0.6) is 0 Å². The lowest BCUT2D eigenvalue weighted by Crippen LogP contribution is -2.46. The zero-order valence-corrected chi connectivity index (χ0v) is 15.1. The normalized spacial score (nSPS) is 24.8. The van der Waals surface area contributed by atoms with Gasteiger partial charge in [0.05, 0.1) is 6.61 Å². The zero-order valence-electron chi connectivity index (χ0n) is 14.1. The first kappa shape index (κ1) is 16.9. The van der Waals surface area contributed by atoms with Crippen LogP contribution in [0.4, 0.5) is 0 Å². The Kier molecular flexibility index (Phi) is 4.76. The summed E-state index contributed by atoms with van der Waals surface area (Å²) in [5, 5.41) is 9.81. The summed E-state index contributed by atoms with van der Waals surface area (Å²) in [5.74, 6) is 0. The predicted molar refractivity (Wildman–Crippen MR) is 84.9 cm³/mol. The fraction of sp³-hybridized carbons (Fsp3) is 0.875. The van der Waals surface area contributed by atoms with Crippen LogP contribution >= 0.6 is 0 Å². The Morgan fingerprint density at radius 3 is 2.21 bits per heavy atom. The van der Waals surface area contributed by atoms with Gasteiger partial charge in [0.25, 0.3) is 0 Å². The van der Waals surface area contributed by atoms with E-state index >= 15 is 0 Å². The van der Waals surface area contributed by atoms with Crippen molar-refractivity contribution in [2.75, 3.05) is 6.61 Å². The van der Waals surface area contributed by atoms with Gasteiger partial charge >= 0.3 is 0 Å². The monoisotopic (exact) mass is 284 g/mol. The molecule has 0 radical (unpaired) electrons. The van der Waals surface area contributed by atoms with Gasteiger partial charge in [-0.2, -0.15) is 0 Å². The second-order valence-corrected chi connectivity index (χ2v) is 13.0. The summed E-state index contributed by atoms with van der Waals surface area (Å²) < 4.78 is 6.57. The SMILES string of the molecule is CC1=C(CO)C(C)(C)C[C@H](O[Si](C)(C)C(C)(C)C)C1. The molecule has 0 amide bonds. The lowest BCUT2D eigenvalue weighted by atomic mass is 9.72. The summed E-state index contributed by atoms with van der Waals surface area (Å²) >= 11 is 0. The van der Waals surface area contributed by atoms with Crippen LogP contribution in [0.15, 0.2) is 11.1 Å². The van der Waals surface area contributed by atoms with Crippen molar-refractivity contribution in [1.29, 1.82) is 0 Å². The average molecular weight is 285 g/mol. The van der Waals surface area contributed by atoms with E-state index in [1.54, 1.807) is 0 Å². The average Bonchev–Trinajstić information content (AvgIpc) is 2.12. The molecule has 0 saturated carbocycles. The van der Waals surface area contributed by atoms with E-state index in [2.05, 4.69) is 54.6 Å². The highest BCUT2D eigenvalue weighted by Gasteiger charge is 2.42. The molecule has 0 bridgehead atoms. The summed E-state index contributed by atoms with van der Waals surface area (Å²) in [7, 11) is -1.70. The molecule has 1 N–H and O–H groups in total. The van der Waals surface area contributed by atoms with Crippen molar-refractivity contribution >= 4 is 8.32 Å². The highest BCUT2D eigenvalue weighted by molar-refractivity contribution is 6.74. The molecule has 1 rings (SSSR count). The third kappa shape index (κ3) is 3.70. The van der Waals surface area contributed by atoms with E-state index in [-0.39, 0.29) is 17.1 Å². The van der Waals surface area contributed by atoms with Crippen LogP contribution in [0.25, 0.3) is 0 Å². The lowest BCUT2D eigenvalue weighted by Gasteiger charge is -2.44. The molecule has 0 saturated heterocycles. The quantitative estimate of drug-likeness (QED) is 0.610. The number of hydrogen-bond donors (Lipinski definition) is 1. The Morgan fingerprint density at radius 1 is 1.32 bits per heavy atom. The van der Waals surface area contributed by atoms with Gasteiger partial charge in [0.1, 0.15) is 0 Å². The molecule has 1 aliphatic rings. The summed E-state index contributed by atoms with van der Waals surface area (Å²) in [4.78, 5) is 0. The Labute approximate surface area is 120 Å². The van der Waals surface area contributed by atoms with Crippen molar-refractivity contribution in [3.8, 4) is 0 Å². The summed E-state index contributed by atoms with van der Waals surface area (Å²) in [5.41, 5.74) is 2.59. The van der Waals surface area contributed by atoms with Crippen LogP contribution in [0.3, 0.4) is 0 Å². The van der Waals surface area contributed by atoms with Crippen molar-refractivity contribution in [1.82, 2.24) is 0 Å². The van der Waals surface area contributed by atoms with Crippen LogP contribution in [-0.2, 0) is 4.43 Å². The molecule has 0 aromatic heterocycles. The molecule has 0 aromatic carbocycles. The highest BCUT2D eigenvalue weighted by atomic mass is 28.4. The topological polar surface area (TPSA) is 29.5 Å². The second kappa shape index (κ2) is 5.34. The van der Waals surface area contributed by atoms with E-state index in [1.165, 1.54) is 11.1 Å². The second-order valence-electron chi connectivity index (χ2n) is 8.21. The van der Waals surface area contributed by atoms with Crippen LogP contribution in [0, 0.1) is 5.41 Å². The molecule has 1 atom stereocenters. The van der Waals surface area contributed by atoms with Gasteiger partial charge < -0.3 is 9.53 Å². The van der Waals surface area contributed by atoms with E-state index in [4.69, 9.17) is 4.43 Å². The first-order chi connectivity index (χ1) is 8.40. The van der Waals surface area contributed by atoms with E-state index in [0.717, 1.165) is 12.8 Å². The van der Waals surface area contributed by atoms with Gasteiger partial charge in [-0.25, -0.2) is 0 Å². The van der Waals surface area contributed by atoms with Crippen LogP contribution in [-0.4, -0.2) is 26.1 Å². The summed E-state index contributed by atoms with van der Waals surface area (Å²) in [6, 6.07) is 0. The van der Waals surface area contributed by atoms with Crippen molar-refractivity contribution in [3.05, 3.63) is 11.1 Å². The number of aliphatic hydroxyl groups is 1. The summed E-state index contributed by atoms with van der Waals surface area (Å²) in [6.45, 7) is 18.3. The number of rotatable bonds is 3. The Hall–Kier alpha value is -0.123. The highest BCUT2D eigenvalue weighted by Crippen LogP contribution is 2.44. The minimum absolute atomic E-state index is 0.0596.